The van der Waals surface area contributed by atoms with Crippen LogP contribution in [0.5, 0.6) is 0 Å². The Hall–Kier alpha value is -1.35. The van der Waals surface area contributed by atoms with Crippen molar-refractivity contribution in [3.63, 3.8) is 0 Å². The molecule has 2 aromatic rings. The van der Waals surface area contributed by atoms with Crippen molar-refractivity contribution < 1.29 is 18.8 Å². The highest BCUT2D eigenvalue weighted by Crippen LogP contribution is 2.53. The first-order chi connectivity index (χ1) is 12.4. The predicted molar refractivity (Wildman–Crippen MR) is 111 cm³/mol. The summed E-state index contributed by atoms with van der Waals surface area (Å²) in [6, 6.07) is 7.58. The summed E-state index contributed by atoms with van der Waals surface area (Å²) in [5.41, 5.74) is -0.490. The van der Waals surface area contributed by atoms with Crippen molar-refractivity contribution in [2.45, 2.75) is 56.3 Å². The molecule has 8 heteroatoms. The van der Waals surface area contributed by atoms with Crippen LogP contribution in [0.15, 0.2) is 28.6 Å². The van der Waals surface area contributed by atoms with Crippen molar-refractivity contribution in [1.29, 1.82) is 0 Å². The molecule has 1 unspecified atom stereocenters. The van der Waals surface area contributed by atoms with Crippen LogP contribution < -0.4 is 0 Å². The number of carbonyl (C=O) groups excluding carboxylic acids is 1. The normalized spacial score (nSPS) is 23.2. The van der Waals surface area contributed by atoms with Gasteiger partial charge in [0.05, 0.1) is 22.9 Å². The van der Waals surface area contributed by atoms with Gasteiger partial charge in [-0.3, -0.25) is 4.90 Å². The van der Waals surface area contributed by atoms with Crippen molar-refractivity contribution in [3.05, 3.63) is 24.3 Å². The molecular weight excluding hydrogens is 384 g/mol. The van der Waals surface area contributed by atoms with Gasteiger partial charge in [-0.1, -0.05) is 22.4 Å². The molecule has 6 nitrogen and oxygen atoms in total. The van der Waals surface area contributed by atoms with E-state index in [2.05, 4.69) is 4.98 Å². The Labute approximate surface area is 166 Å². The number of amides is 1. The SMILES string of the molecule is CC(C)(C)OC(=O)N1[C@@H](CS(C)(O)c2nc3ccccc3s2)COC1(C)C. The summed E-state index contributed by atoms with van der Waals surface area (Å²) in [7, 11) is -2.19. The van der Waals surface area contributed by atoms with Gasteiger partial charge in [0, 0.05) is 5.75 Å². The number of nitrogens with zero attached hydrogens (tertiary/aromatic N) is 2. The molecule has 0 radical (unpaired) electrons. The van der Waals surface area contributed by atoms with Crippen molar-refractivity contribution in [3.8, 4) is 0 Å². The largest absolute Gasteiger partial charge is 0.444 e. The fourth-order valence-corrected chi connectivity index (χ4v) is 6.49. The van der Waals surface area contributed by atoms with Gasteiger partial charge in [-0.25, -0.2) is 9.78 Å². The fraction of sp³-hybridized carbons (Fsp3) is 0.579. The second-order valence-corrected chi connectivity index (χ2v) is 12.5. The van der Waals surface area contributed by atoms with E-state index in [0.29, 0.717) is 12.4 Å². The van der Waals surface area contributed by atoms with E-state index in [4.69, 9.17) is 9.47 Å². The quantitative estimate of drug-likeness (QED) is 0.773. The van der Waals surface area contributed by atoms with E-state index in [-0.39, 0.29) is 6.04 Å². The summed E-state index contributed by atoms with van der Waals surface area (Å²) in [4.78, 5) is 19.0. The monoisotopic (exact) mass is 412 g/mol. The number of rotatable bonds is 3. The van der Waals surface area contributed by atoms with Crippen LogP contribution in [0, 0.1) is 0 Å². The summed E-state index contributed by atoms with van der Waals surface area (Å²) >= 11 is 1.51. The third-order valence-electron chi connectivity index (χ3n) is 4.33. The molecule has 1 aliphatic heterocycles. The second kappa shape index (κ2) is 6.92. The number of aromatic nitrogens is 1. The fourth-order valence-electron chi connectivity index (χ4n) is 3.17. The number of benzene rings is 1. The number of fused-ring (bicyclic) bond motifs is 1. The lowest BCUT2D eigenvalue weighted by molar-refractivity contribution is -0.0617. The zero-order chi connectivity index (χ0) is 20.0. The molecule has 1 aromatic carbocycles. The molecule has 2 atom stereocenters. The van der Waals surface area contributed by atoms with Crippen molar-refractivity contribution in [1.82, 2.24) is 9.88 Å². The smallest absolute Gasteiger partial charge is 0.412 e. The van der Waals surface area contributed by atoms with Gasteiger partial charge in [-0.05, 0) is 53.0 Å². The minimum atomic E-state index is -2.19. The average Bonchev–Trinajstić information content (AvgIpc) is 3.06. The molecule has 1 amide bonds. The van der Waals surface area contributed by atoms with Gasteiger partial charge in [-0.2, -0.15) is 0 Å². The lowest BCUT2D eigenvalue weighted by Crippen LogP contribution is -2.51. The van der Waals surface area contributed by atoms with Crippen LogP contribution in [-0.2, 0) is 9.47 Å². The molecule has 150 valence electrons. The van der Waals surface area contributed by atoms with E-state index in [1.807, 2.05) is 65.1 Å². The van der Waals surface area contributed by atoms with Crippen LogP contribution in [0.3, 0.4) is 0 Å². The van der Waals surface area contributed by atoms with Gasteiger partial charge in [0.2, 0.25) is 0 Å². The van der Waals surface area contributed by atoms with Crippen LogP contribution in [0.25, 0.3) is 10.2 Å². The minimum Gasteiger partial charge on any atom is -0.444 e. The molecule has 0 aliphatic carbocycles. The van der Waals surface area contributed by atoms with Gasteiger partial charge in [-0.15, -0.1) is 11.3 Å². The van der Waals surface area contributed by atoms with Crippen molar-refractivity contribution in [2.75, 3.05) is 18.6 Å². The van der Waals surface area contributed by atoms with E-state index in [0.717, 1.165) is 14.6 Å². The zero-order valence-corrected chi connectivity index (χ0v) is 18.3. The standard InChI is InChI=1S/C19H28N2O4S2/c1-18(2,3)25-17(22)21-13(11-24-19(21,4)5)12-27(6,23)16-20-14-9-7-8-10-15(14)26-16/h7-10,13,23H,11-12H2,1-6H3/t13-/m1/s1. The summed E-state index contributed by atoms with van der Waals surface area (Å²) in [6.07, 6.45) is 1.40. The van der Waals surface area contributed by atoms with Gasteiger partial charge in [0.25, 0.3) is 0 Å². The maximum atomic E-state index is 12.8. The number of hydrogen-bond acceptors (Lipinski definition) is 6. The number of carbonyl (C=O) groups is 1. The van der Waals surface area contributed by atoms with Crippen molar-refractivity contribution in [2.24, 2.45) is 0 Å². The van der Waals surface area contributed by atoms with Crippen LogP contribution in [-0.4, -0.2) is 56.5 Å². The Morgan fingerprint density at radius 3 is 2.74 bits per heavy atom. The number of thiazole rings is 1. The van der Waals surface area contributed by atoms with Crippen molar-refractivity contribution >= 4 is 38.0 Å². The lowest BCUT2D eigenvalue weighted by atomic mass is 10.2. The van der Waals surface area contributed by atoms with E-state index in [1.165, 1.54) is 11.3 Å². The minimum absolute atomic E-state index is 0.271. The third-order valence-corrected chi connectivity index (χ3v) is 8.37. The molecule has 1 fully saturated rings. The van der Waals surface area contributed by atoms with Crippen LogP contribution in [0.2, 0.25) is 0 Å². The Morgan fingerprint density at radius 1 is 1.44 bits per heavy atom. The lowest BCUT2D eigenvalue weighted by Gasteiger charge is -2.38. The van der Waals surface area contributed by atoms with Crippen LogP contribution >= 0.6 is 21.6 Å². The molecule has 0 saturated carbocycles. The summed E-state index contributed by atoms with van der Waals surface area (Å²) in [5.74, 6) is 0.398. The molecule has 1 N–H and O–H groups in total. The first kappa shape index (κ1) is 20.4. The number of ether oxygens (including phenoxy) is 2. The number of para-hydroxylation sites is 1. The van der Waals surface area contributed by atoms with Crippen LogP contribution in [0.4, 0.5) is 4.79 Å². The van der Waals surface area contributed by atoms with Gasteiger partial charge in [0.1, 0.15) is 11.3 Å². The molecule has 27 heavy (non-hydrogen) atoms. The van der Waals surface area contributed by atoms with E-state index in [1.54, 1.807) is 4.90 Å². The molecule has 1 aliphatic rings. The molecule has 2 heterocycles. The predicted octanol–water partition coefficient (Wildman–Crippen LogP) is 4.93. The maximum absolute atomic E-state index is 12.8. The van der Waals surface area contributed by atoms with E-state index in [9.17, 15) is 9.35 Å². The molecule has 0 bridgehead atoms. The first-order valence-electron chi connectivity index (χ1n) is 8.89. The Morgan fingerprint density at radius 2 is 2.11 bits per heavy atom. The summed E-state index contributed by atoms with van der Waals surface area (Å²) in [6.45, 7) is 9.57. The van der Waals surface area contributed by atoms with Gasteiger partial charge < -0.3 is 14.0 Å². The molecule has 3 rings (SSSR count). The van der Waals surface area contributed by atoms with E-state index >= 15 is 0 Å². The highest BCUT2D eigenvalue weighted by molar-refractivity contribution is 8.29. The second-order valence-electron chi connectivity index (χ2n) is 8.42. The highest BCUT2D eigenvalue weighted by Gasteiger charge is 2.47. The molecular formula is C19H28N2O4S2. The van der Waals surface area contributed by atoms with Crippen LogP contribution in [0.1, 0.15) is 34.6 Å². The molecule has 1 aromatic heterocycles. The maximum Gasteiger partial charge on any atom is 0.412 e. The van der Waals surface area contributed by atoms with Gasteiger partial charge >= 0.3 is 6.09 Å². The average molecular weight is 413 g/mol. The topological polar surface area (TPSA) is 71.9 Å². The Balaban J connectivity index is 1.84. The summed E-state index contributed by atoms with van der Waals surface area (Å²) in [5, 5.41) is 0. The Bertz CT molecular complexity index is 809. The molecule has 0 spiro atoms. The number of hydrogen-bond donors (Lipinski definition) is 1. The zero-order valence-electron chi connectivity index (χ0n) is 16.7. The molecule has 1 saturated heterocycles. The first-order valence-corrected chi connectivity index (χ1v) is 11.9. The van der Waals surface area contributed by atoms with Gasteiger partial charge in [0.15, 0.2) is 4.34 Å². The van der Waals surface area contributed by atoms with E-state index < -0.39 is 27.7 Å². The third kappa shape index (κ3) is 4.39. The summed E-state index contributed by atoms with van der Waals surface area (Å²) < 4.78 is 24.4. The Kier molecular flexibility index (Phi) is 5.22. The highest BCUT2D eigenvalue weighted by atomic mass is 32.3.